The number of halogens is 3. The summed E-state index contributed by atoms with van der Waals surface area (Å²) in [6.45, 7) is 2.24. The van der Waals surface area contributed by atoms with Crippen LogP contribution < -0.4 is 9.80 Å². The molecule has 0 amide bonds. The predicted molar refractivity (Wildman–Crippen MR) is 90.6 cm³/mol. The summed E-state index contributed by atoms with van der Waals surface area (Å²) >= 11 is 0. The lowest BCUT2D eigenvalue weighted by Gasteiger charge is -2.36. The molecule has 1 aliphatic rings. The number of hydrogen-bond donors (Lipinski definition) is 0. The van der Waals surface area contributed by atoms with E-state index in [0.29, 0.717) is 32.0 Å². The van der Waals surface area contributed by atoms with Crippen molar-refractivity contribution in [1.29, 1.82) is 0 Å². The summed E-state index contributed by atoms with van der Waals surface area (Å²) < 4.78 is 40.1. The summed E-state index contributed by atoms with van der Waals surface area (Å²) in [6.07, 6.45) is 1.39. The minimum atomic E-state index is -4.48. The molecule has 0 saturated carbocycles. The Bertz CT molecular complexity index is 904. The zero-order valence-electron chi connectivity index (χ0n) is 14.1. The van der Waals surface area contributed by atoms with Crippen molar-refractivity contribution in [3.05, 3.63) is 48.9 Å². The van der Waals surface area contributed by atoms with E-state index in [2.05, 4.69) is 29.9 Å². The molecule has 27 heavy (non-hydrogen) atoms. The van der Waals surface area contributed by atoms with Gasteiger partial charge in [0.15, 0.2) is 5.82 Å². The Balaban J connectivity index is 1.46. The van der Waals surface area contributed by atoms with Crippen LogP contribution in [0.2, 0.25) is 0 Å². The average Bonchev–Trinajstić information content (AvgIpc) is 3.23. The fourth-order valence-corrected chi connectivity index (χ4v) is 2.88. The monoisotopic (exact) mass is 376 g/mol. The second-order valence-electron chi connectivity index (χ2n) is 5.92. The smallest absolute Gasteiger partial charge is 0.353 e. The lowest BCUT2D eigenvalue weighted by Crippen LogP contribution is -2.47. The van der Waals surface area contributed by atoms with E-state index in [1.54, 1.807) is 23.1 Å². The maximum Gasteiger partial charge on any atom is 0.433 e. The van der Waals surface area contributed by atoms with Gasteiger partial charge in [0.1, 0.15) is 30.0 Å². The van der Waals surface area contributed by atoms with Gasteiger partial charge in [-0.05, 0) is 6.07 Å². The molecule has 1 aliphatic heterocycles. The van der Waals surface area contributed by atoms with E-state index in [-0.39, 0.29) is 5.82 Å². The van der Waals surface area contributed by atoms with Gasteiger partial charge in [-0.15, -0.1) is 0 Å². The van der Waals surface area contributed by atoms with Crippen LogP contribution in [0, 0.1) is 0 Å². The Morgan fingerprint density at radius 2 is 1.37 bits per heavy atom. The molecule has 0 radical (unpaired) electrons. The van der Waals surface area contributed by atoms with Gasteiger partial charge in [0.25, 0.3) is 0 Å². The van der Waals surface area contributed by atoms with Crippen molar-refractivity contribution in [3.8, 4) is 5.82 Å². The van der Waals surface area contributed by atoms with Crippen LogP contribution in [-0.4, -0.2) is 55.9 Å². The van der Waals surface area contributed by atoms with Gasteiger partial charge in [0, 0.05) is 50.7 Å². The number of piperazine rings is 1. The van der Waals surface area contributed by atoms with Gasteiger partial charge >= 0.3 is 6.18 Å². The molecule has 11 heteroatoms. The van der Waals surface area contributed by atoms with E-state index in [9.17, 15) is 13.2 Å². The minimum Gasteiger partial charge on any atom is -0.353 e. The highest BCUT2D eigenvalue weighted by Crippen LogP contribution is 2.29. The number of alkyl halides is 3. The summed E-state index contributed by atoms with van der Waals surface area (Å²) in [7, 11) is 0. The van der Waals surface area contributed by atoms with E-state index in [4.69, 9.17) is 0 Å². The fraction of sp³-hybridized carbons (Fsp3) is 0.312. The van der Waals surface area contributed by atoms with Crippen LogP contribution in [0.3, 0.4) is 0 Å². The second-order valence-corrected chi connectivity index (χ2v) is 5.92. The zero-order chi connectivity index (χ0) is 18.9. The first-order valence-electron chi connectivity index (χ1n) is 8.22. The van der Waals surface area contributed by atoms with Crippen molar-refractivity contribution in [2.24, 2.45) is 0 Å². The predicted octanol–water partition coefficient (Wildman–Crippen LogP) is 1.80. The number of hydrogen-bond acceptors (Lipinski definition) is 7. The Kier molecular flexibility index (Phi) is 4.34. The Hall–Kier alpha value is -3.24. The zero-order valence-corrected chi connectivity index (χ0v) is 14.1. The van der Waals surface area contributed by atoms with E-state index in [1.807, 2.05) is 11.0 Å². The molecule has 8 nitrogen and oxygen atoms in total. The van der Waals surface area contributed by atoms with E-state index < -0.39 is 11.9 Å². The second kappa shape index (κ2) is 6.82. The molecule has 0 aromatic carbocycles. The van der Waals surface area contributed by atoms with Crippen LogP contribution in [0.1, 0.15) is 5.69 Å². The van der Waals surface area contributed by atoms with Crippen molar-refractivity contribution < 1.29 is 13.2 Å². The highest BCUT2D eigenvalue weighted by atomic mass is 19.4. The molecular formula is C16H15F3N8. The van der Waals surface area contributed by atoms with Crippen molar-refractivity contribution in [2.45, 2.75) is 6.18 Å². The lowest BCUT2D eigenvalue weighted by atomic mass is 10.3. The topological polar surface area (TPSA) is 75.9 Å². The highest BCUT2D eigenvalue weighted by molar-refractivity contribution is 5.47. The summed E-state index contributed by atoms with van der Waals surface area (Å²) in [6, 6.07) is 4.61. The SMILES string of the molecule is FC(F)(F)c1cc(N2CCN(c3cc(-n4cccn4)ncn3)CC2)ncn1. The van der Waals surface area contributed by atoms with Gasteiger partial charge in [0.2, 0.25) is 0 Å². The summed E-state index contributed by atoms with van der Waals surface area (Å²) in [5.41, 5.74) is -0.936. The largest absolute Gasteiger partial charge is 0.433 e. The number of rotatable bonds is 3. The van der Waals surface area contributed by atoms with Gasteiger partial charge < -0.3 is 9.80 Å². The summed E-state index contributed by atoms with van der Waals surface area (Å²) in [5.74, 6) is 1.67. The molecule has 3 aromatic heterocycles. The lowest BCUT2D eigenvalue weighted by molar-refractivity contribution is -0.141. The molecule has 1 saturated heterocycles. The van der Waals surface area contributed by atoms with E-state index in [1.165, 1.54) is 6.33 Å². The molecule has 0 aliphatic carbocycles. The highest BCUT2D eigenvalue weighted by Gasteiger charge is 2.33. The Morgan fingerprint density at radius 1 is 0.778 bits per heavy atom. The number of aromatic nitrogens is 6. The minimum absolute atomic E-state index is 0.275. The molecule has 0 bridgehead atoms. The maximum atomic E-state index is 12.8. The van der Waals surface area contributed by atoms with Crippen LogP contribution in [0.25, 0.3) is 5.82 Å². The Labute approximate surface area is 152 Å². The first-order chi connectivity index (χ1) is 13.0. The molecule has 140 valence electrons. The third kappa shape index (κ3) is 3.66. The van der Waals surface area contributed by atoms with Gasteiger partial charge in [-0.2, -0.15) is 18.3 Å². The van der Waals surface area contributed by atoms with Gasteiger partial charge in [0.05, 0.1) is 0 Å². The van der Waals surface area contributed by atoms with Crippen molar-refractivity contribution in [3.63, 3.8) is 0 Å². The van der Waals surface area contributed by atoms with Crippen molar-refractivity contribution in [2.75, 3.05) is 36.0 Å². The first kappa shape index (κ1) is 17.2. The third-order valence-corrected chi connectivity index (χ3v) is 4.25. The molecule has 0 spiro atoms. The maximum absolute atomic E-state index is 12.8. The quantitative estimate of drug-likeness (QED) is 0.690. The van der Waals surface area contributed by atoms with Crippen LogP contribution in [0.5, 0.6) is 0 Å². The van der Waals surface area contributed by atoms with Crippen LogP contribution >= 0.6 is 0 Å². The summed E-state index contributed by atoms with van der Waals surface area (Å²) in [5, 5.41) is 4.15. The average molecular weight is 376 g/mol. The Morgan fingerprint density at radius 3 is 1.96 bits per heavy atom. The van der Waals surface area contributed by atoms with Crippen LogP contribution in [0.4, 0.5) is 24.8 Å². The van der Waals surface area contributed by atoms with Gasteiger partial charge in [-0.1, -0.05) is 0 Å². The molecule has 3 aromatic rings. The van der Waals surface area contributed by atoms with Crippen molar-refractivity contribution >= 4 is 11.6 Å². The summed E-state index contributed by atoms with van der Waals surface area (Å²) in [4.78, 5) is 19.6. The molecular weight excluding hydrogens is 361 g/mol. The van der Waals surface area contributed by atoms with Gasteiger partial charge in [-0.3, -0.25) is 0 Å². The number of anilines is 2. The van der Waals surface area contributed by atoms with E-state index in [0.717, 1.165) is 18.2 Å². The molecule has 4 heterocycles. The molecule has 0 N–H and O–H groups in total. The third-order valence-electron chi connectivity index (χ3n) is 4.25. The molecule has 0 atom stereocenters. The number of nitrogens with zero attached hydrogens (tertiary/aromatic N) is 8. The van der Waals surface area contributed by atoms with Crippen LogP contribution in [-0.2, 0) is 6.18 Å². The van der Waals surface area contributed by atoms with Crippen LogP contribution in [0.15, 0.2) is 43.2 Å². The molecule has 4 rings (SSSR count). The molecule has 0 unspecified atom stereocenters. The normalized spacial score (nSPS) is 15.2. The fourth-order valence-electron chi connectivity index (χ4n) is 2.88. The van der Waals surface area contributed by atoms with Crippen molar-refractivity contribution in [1.82, 2.24) is 29.7 Å². The molecule has 1 fully saturated rings. The van der Waals surface area contributed by atoms with Gasteiger partial charge in [-0.25, -0.2) is 24.6 Å². The van der Waals surface area contributed by atoms with E-state index >= 15 is 0 Å². The first-order valence-corrected chi connectivity index (χ1v) is 8.22. The standard InChI is InChI=1S/C16H15F3N8/c17-16(18,19)12-8-13(21-10-20-12)25-4-6-26(7-5-25)14-9-15(23-11-22-14)27-3-1-2-24-27/h1-3,8-11H,4-7H2.